The molecular weight excluding hydrogens is 386 g/mol. The van der Waals surface area contributed by atoms with Crippen LogP contribution in [0, 0.1) is 11.6 Å². The highest BCUT2D eigenvalue weighted by Gasteiger charge is 2.20. The fourth-order valence-electron chi connectivity index (χ4n) is 3.71. The molecule has 30 heavy (non-hydrogen) atoms. The van der Waals surface area contributed by atoms with Crippen molar-refractivity contribution in [3.05, 3.63) is 94.2 Å². The summed E-state index contributed by atoms with van der Waals surface area (Å²) in [6.45, 7) is 1.76. The average Bonchev–Trinajstić information content (AvgIpc) is 2.77. The average molecular weight is 406 g/mol. The van der Waals surface area contributed by atoms with Crippen LogP contribution in [0.1, 0.15) is 18.5 Å². The molecule has 4 nitrogen and oxygen atoms in total. The molecule has 1 atom stereocenters. The van der Waals surface area contributed by atoms with Crippen molar-refractivity contribution in [2.45, 2.75) is 19.5 Å². The van der Waals surface area contributed by atoms with Crippen LogP contribution in [0.5, 0.6) is 0 Å². The van der Waals surface area contributed by atoms with Gasteiger partial charge in [0.1, 0.15) is 6.54 Å². The highest BCUT2D eigenvalue weighted by Crippen LogP contribution is 2.23. The Kier molecular flexibility index (Phi) is 5.08. The molecule has 0 aliphatic carbocycles. The van der Waals surface area contributed by atoms with Crippen LogP contribution in [0.4, 0.5) is 8.78 Å². The van der Waals surface area contributed by atoms with Gasteiger partial charge >= 0.3 is 0 Å². The molecule has 0 spiro atoms. The first-order chi connectivity index (χ1) is 14.4. The third kappa shape index (κ3) is 3.34. The lowest BCUT2D eigenvalue weighted by atomic mass is 10.1. The van der Waals surface area contributed by atoms with E-state index in [9.17, 15) is 18.4 Å². The van der Waals surface area contributed by atoms with Gasteiger partial charge in [-0.3, -0.25) is 9.59 Å². The van der Waals surface area contributed by atoms with E-state index in [0.29, 0.717) is 27.4 Å². The zero-order valence-electron chi connectivity index (χ0n) is 16.6. The van der Waals surface area contributed by atoms with Gasteiger partial charge in [-0.05, 0) is 48.9 Å². The second kappa shape index (κ2) is 7.71. The molecule has 0 saturated heterocycles. The van der Waals surface area contributed by atoms with Crippen molar-refractivity contribution < 1.29 is 13.6 Å². The second-order valence-corrected chi connectivity index (χ2v) is 7.30. The minimum atomic E-state index is -0.947. The van der Waals surface area contributed by atoms with Gasteiger partial charge in [-0.15, -0.1) is 0 Å². The van der Waals surface area contributed by atoms with E-state index in [-0.39, 0.29) is 17.9 Å². The molecule has 4 aromatic rings. The molecule has 1 aromatic heterocycles. The van der Waals surface area contributed by atoms with Gasteiger partial charge in [0.25, 0.3) is 0 Å². The minimum Gasteiger partial charge on any atom is -0.337 e. The molecule has 1 amide bonds. The van der Waals surface area contributed by atoms with Gasteiger partial charge in [0.05, 0.1) is 17.1 Å². The van der Waals surface area contributed by atoms with Crippen LogP contribution in [0.3, 0.4) is 0 Å². The molecule has 152 valence electrons. The van der Waals surface area contributed by atoms with Gasteiger partial charge in [-0.2, -0.15) is 0 Å². The molecule has 0 radical (unpaired) electrons. The third-order valence-electron chi connectivity index (χ3n) is 5.57. The summed E-state index contributed by atoms with van der Waals surface area (Å²) in [5, 5.41) is 1.08. The van der Waals surface area contributed by atoms with E-state index in [4.69, 9.17) is 0 Å². The van der Waals surface area contributed by atoms with Crippen LogP contribution in [-0.4, -0.2) is 22.4 Å². The van der Waals surface area contributed by atoms with Crippen molar-refractivity contribution in [3.8, 4) is 0 Å². The van der Waals surface area contributed by atoms with E-state index in [0.717, 1.165) is 12.1 Å². The number of benzene rings is 3. The smallest absolute Gasteiger partial charge is 0.242 e. The molecule has 1 unspecified atom stereocenters. The number of aromatic nitrogens is 1. The van der Waals surface area contributed by atoms with Crippen molar-refractivity contribution in [3.63, 3.8) is 0 Å². The molecule has 6 heteroatoms. The Labute approximate surface area is 172 Å². The lowest BCUT2D eigenvalue weighted by molar-refractivity contribution is -0.132. The number of likely N-dealkylation sites (N-methyl/N-ethyl adjacent to an activating group) is 1. The lowest BCUT2D eigenvalue weighted by Crippen LogP contribution is -2.33. The number of nitrogens with zero attached hydrogens (tertiary/aromatic N) is 2. The zero-order valence-corrected chi connectivity index (χ0v) is 16.6. The molecule has 1 heterocycles. The second-order valence-electron chi connectivity index (χ2n) is 7.30. The van der Waals surface area contributed by atoms with Crippen LogP contribution < -0.4 is 5.43 Å². The standard InChI is InChI=1S/C24H20F2N2O2/c1-15(16-11-12-19(25)20(26)13-16)27(2)23(29)14-28-21-9-5-3-7-17(21)24(30)18-8-4-6-10-22(18)28/h3-13,15H,14H2,1-2H3. The van der Waals surface area contributed by atoms with E-state index in [1.165, 1.54) is 11.0 Å². The van der Waals surface area contributed by atoms with Crippen LogP contribution in [-0.2, 0) is 11.3 Å². The third-order valence-corrected chi connectivity index (χ3v) is 5.57. The fourth-order valence-corrected chi connectivity index (χ4v) is 3.71. The van der Waals surface area contributed by atoms with Gasteiger partial charge in [0.2, 0.25) is 5.91 Å². The van der Waals surface area contributed by atoms with Gasteiger partial charge in [-0.1, -0.05) is 30.3 Å². The highest BCUT2D eigenvalue weighted by molar-refractivity contribution is 5.94. The highest BCUT2D eigenvalue weighted by atomic mass is 19.2. The number of hydrogen-bond acceptors (Lipinski definition) is 2. The molecule has 0 fully saturated rings. The van der Waals surface area contributed by atoms with Gasteiger partial charge in [0, 0.05) is 17.8 Å². The van der Waals surface area contributed by atoms with Crippen LogP contribution in [0.25, 0.3) is 21.8 Å². The summed E-state index contributed by atoms with van der Waals surface area (Å²) < 4.78 is 28.7. The number of pyridine rings is 1. The Balaban J connectivity index is 1.74. The normalized spacial score (nSPS) is 12.3. The number of amides is 1. The Bertz CT molecular complexity index is 1270. The molecule has 0 N–H and O–H groups in total. The molecule has 4 rings (SSSR count). The molecule has 3 aromatic carbocycles. The first-order valence-electron chi connectivity index (χ1n) is 9.59. The van der Waals surface area contributed by atoms with E-state index < -0.39 is 17.7 Å². The lowest BCUT2D eigenvalue weighted by Gasteiger charge is -2.26. The van der Waals surface area contributed by atoms with Crippen molar-refractivity contribution in [1.82, 2.24) is 9.47 Å². The van der Waals surface area contributed by atoms with E-state index in [1.807, 2.05) is 28.8 Å². The summed E-state index contributed by atoms with van der Waals surface area (Å²) >= 11 is 0. The van der Waals surface area contributed by atoms with Crippen molar-refractivity contribution in [2.75, 3.05) is 7.05 Å². The van der Waals surface area contributed by atoms with Crippen LogP contribution in [0.2, 0.25) is 0 Å². The van der Waals surface area contributed by atoms with Gasteiger partial charge < -0.3 is 9.47 Å². The molecular formula is C24H20F2N2O2. The quantitative estimate of drug-likeness (QED) is 0.463. The van der Waals surface area contributed by atoms with Crippen molar-refractivity contribution in [1.29, 1.82) is 0 Å². The van der Waals surface area contributed by atoms with Crippen molar-refractivity contribution in [2.24, 2.45) is 0 Å². The van der Waals surface area contributed by atoms with Crippen LogP contribution in [0.15, 0.2) is 71.5 Å². The largest absolute Gasteiger partial charge is 0.337 e. The van der Waals surface area contributed by atoms with E-state index >= 15 is 0 Å². The first kappa shape index (κ1) is 19.8. The number of hydrogen-bond donors (Lipinski definition) is 0. The summed E-state index contributed by atoms with van der Waals surface area (Å²) in [6, 6.07) is 17.5. The maximum Gasteiger partial charge on any atom is 0.242 e. The maximum absolute atomic E-state index is 13.6. The number of fused-ring (bicyclic) bond motifs is 2. The predicted molar refractivity (Wildman–Crippen MR) is 113 cm³/mol. The van der Waals surface area contributed by atoms with Gasteiger partial charge in [-0.25, -0.2) is 8.78 Å². The number of carbonyl (C=O) groups excluding carboxylic acids is 1. The SMILES string of the molecule is CC(c1ccc(F)c(F)c1)N(C)C(=O)Cn1c2ccccc2c(=O)c2ccccc21. The summed E-state index contributed by atoms with van der Waals surface area (Å²) in [6.07, 6.45) is 0. The van der Waals surface area contributed by atoms with Gasteiger partial charge in [0.15, 0.2) is 17.1 Å². The topological polar surface area (TPSA) is 42.3 Å². The molecule has 0 aliphatic heterocycles. The Morgan fingerprint density at radius 2 is 1.50 bits per heavy atom. The summed E-state index contributed by atoms with van der Waals surface area (Å²) in [5.41, 5.74) is 1.76. The molecule has 0 bridgehead atoms. The monoisotopic (exact) mass is 406 g/mol. The predicted octanol–water partition coefficient (Wildman–Crippen LogP) is 4.65. The Morgan fingerprint density at radius 3 is 2.07 bits per heavy atom. The Hall–Kier alpha value is -3.54. The molecule has 0 saturated carbocycles. The first-order valence-corrected chi connectivity index (χ1v) is 9.59. The number of para-hydroxylation sites is 2. The number of carbonyl (C=O) groups is 1. The Morgan fingerprint density at radius 1 is 0.933 bits per heavy atom. The number of halogens is 2. The van der Waals surface area contributed by atoms with E-state index in [1.54, 1.807) is 38.2 Å². The van der Waals surface area contributed by atoms with Crippen molar-refractivity contribution >= 4 is 27.7 Å². The summed E-state index contributed by atoms with van der Waals surface area (Å²) in [5.74, 6) is -2.09. The number of rotatable bonds is 4. The minimum absolute atomic E-state index is 0.00578. The van der Waals surface area contributed by atoms with E-state index in [2.05, 4.69) is 0 Å². The summed E-state index contributed by atoms with van der Waals surface area (Å²) in [4.78, 5) is 27.4. The zero-order chi connectivity index (χ0) is 21.4. The molecule has 0 aliphatic rings. The summed E-state index contributed by atoms with van der Waals surface area (Å²) in [7, 11) is 1.63. The maximum atomic E-state index is 13.6. The van der Waals surface area contributed by atoms with Crippen LogP contribution >= 0.6 is 0 Å². The fraction of sp³-hybridized carbons (Fsp3) is 0.167.